The number of aliphatic hydroxyl groups is 1. The molecule has 0 atom stereocenters. The molecule has 20 heavy (non-hydrogen) atoms. The van der Waals surface area contributed by atoms with Crippen LogP contribution < -0.4 is 0 Å². The Morgan fingerprint density at radius 3 is 2.65 bits per heavy atom. The predicted molar refractivity (Wildman–Crippen MR) is 81.1 cm³/mol. The van der Waals surface area contributed by atoms with E-state index in [1.54, 1.807) is 6.07 Å². The lowest BCUT2D eigenvalue weighted by Gasteiger charge is -2.07. The van der Waals surface area contributed by atoms with E-state index >= 15 is 0 Å². The van der Waals surface area contributed by atoms with Gasteiger partial charge in [0.05, 0.1) is 6.61 Å². The molecule has 0 saturated carbocycles. The zero-order valence-electron chi connectivity index (χ0n) is 10.7. The monoisotopic (exact) mass is 333 g/mol. The van der Waals surface area contributed by atoms with Crippen LogP contribution in [-0.2, 0) is 13.2 Å². The third kappa shape index (κ3) is 2.62. The lowest BCUT2D eigenvalue weighted by atomic mass is 10.1. The molecule has 1 aromatic heterocycles. The summed E-state index contributed by atoms with van der Waals surface area (Å²) in [6.07, 6.45) is 1.98. The van der Waals surface area contributed by atoms with Gasteiger partial charge in [-0.05, 0) is 52.9 Å². The van der Waals surface area contributed by atoms with Gasteiger partial charge in [0.1, 0.15) is 5.82 Å². The first-order chi connectivity index (χ1) is 9.65. The summed E-state index contributed by atoms with van der Waals surface area (Å²) in [6.45, 7) is 0.649. The summed E-state index contributed by atoms with van der Waals surface area (Å²) in [4.78, 5) is 0. The second kappa shape index (κ2) is 5.38. The average molecular weight is 334 g/mol. The number of aromatic nitrogens is 1. The molecule has 0 aliphatic heterocycles. The van der Waals surface area contributed by atoms with Gasteiger partial charge < -0.3 is 9.67 Å². The normalized spacial score (nSPS) is 11.2. The van der Waals surface area contributed by atoms with E-state index in [9.17, 15) is 4.39 Å². The predicted octanol–water partition coefficient (Wildman–Crippen LogP) is 4.08. The fraction of sp³-hybridized carbons (Fsp3) is 0.125. The van der Waals surface area contributed by atoms with Crippen molar-refractivity contribution in [3.63, 3.8) is 0 Å². The Morgan fingerprint density at radius 1 is 1.05 bits per heavy atom. The van der Waals surface area contributed by atoms with Crippen LogP contribution in [-0.4, -0.2) is 9.67 Å². The molecule has 0 amide bonds. The number of rotatable bonds is 3. The summed E-state index contributed by atoms with van der Waals surface area (Å²) in [5.41, 5.74) is 2.87. The molecule has 0 aliphatic carbocycles. The van der Waals surface area contributed by atoms with E-state index < -0.39 is 0 Å². The van der Waals surface area contributed by atoms with Gasteiger partial charge >= 0.3 is 0 Å². The quantitative estimate of drug-likeness (QED) is 0.767. The number of benzene rings is 2. The molecule has 102 valence electrons. The van der Waals surface area contributed by atoms with E-state index in [0.29, 0.717) is 6.54 Å². The van der Waals surface area contributed by atoms with Gasteiger partial charge in [0.25, 0.3) is 0 Å². The zero-order chi connectivity index (χ0) is 14.1. The summed E-state index contributed by atoms with van der Waals surface area (Å²) in [5.74, 6) is -0.242. The number of nitrogens with zero attached hydrogens (tertiary/aromatic N) is 1. The van der Waals surface area contributed by atoms with Crippen LogP contribution in [0, 0.1) is 5.82 Å². The van der Waals surface area contributed by atoms with Gasteiger partial charge in [-0.3, -0.25) is 0 Å². The van der Waals surface area contributed by atoms with Gasteiger partial charge in [-0.1, -0.05) is 22.0 Å². The van der Waals surface area contributed by atoms with E-state index in [-0.39, 0.29) is 12.4 Å². The highest BCUT2D eigenvalue weighted by Gasteiger charge is 2.05. The topological polar surface area (TPSA) is 25.2 Å². The maximum atomic E-state index is 13.4. The van der Waals surface area contributed by atoms with Crippen LogP contribution in [0.4, 0.5) is 4.39 Å². The molecule has 4 heteroatoms. The standard InChI is InChI=1S/C16H13BrFNO/c17-14-6-12(7-15(18)8-14)9-19-4-3-13-5-11(10-20)1-2-16(13)19/h1-8,20H,9-10H2. The van der Waals surface area contributed by atoms with Crippen molar-refractivity contribution in [2.45, 2.75) is 13.2 Å². The first kappa shape index (κ1) is 13.3. The molecule has 0 aliphatic rings. The molecule has 1 N–H and O–H groups in total. The van der Waals surface area contributed by atoms with Crippen molar-refractivity contribution in [2.75, 3.05) is 0 Å². The van der Waals surface area contributed by atoms with Crippen molar-refractivity contribution in [1.29, 1.82) is 0 Å². The lowest BCUT2D eigenvalue weighted by molar-refractivity contribution is 0.282. The first-order valence-electron chi connectivity index (χ1n) is 6.29. The average Bonchev–Trinajstić information content (AvgIpc) is 2.80. The van der Waals surface area contributed by atoms with Gasteiger partial charge in [0.2, 0.25) is 0 Å². The molecule has 0 radical (unpaired) electrons. The molecule has 0 fully saturated rings. The van der Waals surface area contributed by atoms with Crippen molar-refractivity contribution >= 4 is 26.8 Å². The second-order valence-corrected chi connectivity index (χ2v) is 5.69. The van der Waals surface area contributed by atoms with Gasteiger partial charge in [0, 0.05) is 22.7 Å². The summed E-state index contributed by atoms with van der Waals surface area (Å²) in [5, 5.41) is 10.2. The summed E-state index contributed by atoms with van der Waals surface area (Å²) in [7, 11) is 0. The van der Waals surface area contributed by atoms with Gasteiger partial charge in [-0.25, -0.2) is 4.39 Å². The highest BCUT2D eigenvalue weighted by molar-refractivity contribution is 9.10. The Morgan fingerprint density at radius 2 is 1.90 bits per heavy atom. The Labute approximate surface area is 124 Å². The van der Waals surface area contributed by atoms with Crippen molar-refractivity contribution in [2.24, 2.45) is 0 Å². The van der Waals surface area contributed by atoms with Gasteiger partial charge in [-0.2, -0.15) is 0 Å². The summed E-state index contributed by atoms with van der Waals surface area (Å²) >= 11 is 3.31. The molecule has 0 bridgehead atoms. The Kier molecular flexibility index (Phi) is 3.59. The molecule has 3 aromatic rings. The molecular weight excluding hydrogens is 321 g/mol. The molecular formula is C16H13BrFNO. The molecule has 0 saturated heterocycles. The van der Waals surface area contributed by atoms with Gasteiger partial charge in [-0.15, -0.1) is 0 Å². The van der Waals surface area contributed by atoms with Crippen molar-refractivity contribution in [3.8, 4) is 0 Å². The maximum Gasteiger partial charge on any atom is 0.124 e. The number of aliphatic hydroxyl groups excluding tert-OH is 1. The van der Waals surface area contributed by atoms with E-state index in [4.69, 9.17) is 5.11 Å². The molecule has 0 unspecified atom stereocenters. The van der Waals surface area contributed by atoms with E-state index in [1.807, 2.05) is 36.5 Å². The fourth-order valence-corrected chi connectivity index (χ4v) is 2.90. The van der Waals surface area contributed by atoms with Crippen LogP contribution in [0.15, 0.2) is 53.1 Å². The van der Waals surface area contributed by atoms with Gasteiger partial charge in [0.15, 0.2) is 0 Å². The third-order valence-corrected chi connectivity index (χ3v) is 3.75. The molecule has 2 nitrogen and oxygen atoms in total. The van der Waals surface area contributed by atoms with Crippen LogP contribution in [0.3, 0.4) is 0 Å². The molecule has 0 spiro atoms. The maximum absolute atomic E-state index is 13.4. The minimum atomic E-state index is -0.242. The minimum Gasteiger partial charge on any atom is -0.392 e. The van der Waals surface area contributed by atoms with Crippen LogP contribution in [0.1, 0.15) is 11.1 Å². The second-order valence-electron chi connectivity index (χ2n) is 4.77. The molecule has 1 heterocycles. The van der Waals surface area contributed by atoms with E-state index in [1.165, 1.54) is 6.07 Å². The minimum absolute atomic E-state index is 0.0396. The van der Waals surface area contributed by atoms with E-state index in [0.717, 1.165) is 26.5 Å². The smallest absolute Gasteiger partial charge is 0.124 e. The number of halogens is 2. The first-order valence-corrected chi connectivity index (χ1v) is 7.08. The fourth-order valence-electron chi connectivity index (χ4n) is 2.38. The Balaban J connectivity index is 1.98. The highest BCUT2D eigenvalue weighted by atomic mass is 79.9. The van der Waals surface area contributed by atoms with Crippen LogP contribution in [0.2, 0.25) is 0 Å². The van der Waals surface area contributed by atoms with Crippen molar-refractivity contribution in [3.05, 3.63) is 70.1 Å². The number of hydrogen-bond donors (Lipinski definition) is 1. The summed E-state index contributed by atoms with van der Waals surface area (Å²) < 4.78 is 16.2. The van der Waals surface area contributed by atoms with Crippen molar-refractivity contribution in [1.82, 2.24) is 4.57 Å². The van der Waals surface area contributed by atoms with Crippen LogP contribution in [0.5, 0.6) is 0 Å². The number of fused-ring (bicyclic) bond motifs is 1. The largest absolute Gasteiger partial charge is 0.392 e. The Hall–Kier alpha value is -1.65. The zero-order valence-corrected chi connectivity index (χ0v) is 12.3. The Bertz CT molecular complexity index is 746. The van der Waals surface area contributed by atoms with Crippen LogP contribution in [0.25, 0.3) is 10.9 Å². The SMILES string of the molecule is OCc1ccc2c(ccn2Cc2cc(F)cc(Br)c2)c1. The highest BCUT2D eigenvalue weighted by Crippen LogP contribution is 2.21. The van der Waals surface area contributed by atoms with Crippen LogP contribution >= 0.6 is 15.9 Å². The summed E-state index contributed by atoms with van der Waals surface area (Å²) in [6, 6.07) is 12.8. The lowest BCUT2D eigenvalue weighted by Crippen LogP contribution is -1.98. The third-order valence-electron chi connectivity index (χ3n) is 3.29. The van der Waals surface area contributed by atoms with Crippen molar-refractivity contribution < 1.29 is 9.50 Å². The van der Waals surface area contributed by atoms with E-state index in [2.05, 4.69) is 20.5 Å². The number of hydrogen-bond acceptors (Lipinski definition) is 1. The molecule has 3 rings (SSSR count). The molecule has 2 aromatic carbocycles.